The number of hydrogen-bond donors (Lipinski definition) is 0. The van der Waals surface area contributed by atoms with E-state index < -0.39 is 6.04 Å². The number of hydrogen-bond acceptors (Lipinski definition) is 4. The van der Waals surface area contributed by atoms with E-state index in [4.69, 9.17) is 5.26 Å². The Morgan fingerprint density at radius 3 is 3.30 bits per heavy atom. The first kappa shape index (κ1) is 7.09. The van der Waals surface area contributed by atoms with Crippen LogP contribution in [0, 0.1) is 11.3 Å². The van der Waals surface area contributed by atoms with Gasteiger partial charge in [-0.2, -0.15) is 5.26 Å². The molecule has 1 rings (SSSR count). The van der Waals surface area contributed by atoms with Crippen LogP contribution in [0.4, 0.5) is 0 Å². The van der Waals surface area contributed by atoms with Gasteiger partial charge < -0.3 is 10.4 Å². The molecular formula is C5H5N4S-. The first-order valence-electron chi connectivity index (χ1n) is 2.62. The Morgan fingerprint density at radius 2 is 2.70 bits per heavy atom. The molecule has 1 heterocycles. The fourth-order valence-corrected chi connectivity index (χ4v) is 0.827. The molecular weight excluding hydrogens is 148 g/mol. The van der Waals surface area contributed by atoms with Gasteiger partial charge in [-0.25, -0.2) is 0 Å². The molecule has 52 valence electrons. The van der Waals surface area contributed by atoms with Crippen LogP contribution in [-0.4, -0.2) is 23.7 Å². The minimum atomic E-state index is -0.444. The molecule has 1 atom stereocenters. The monoisotopic (exact) mass is 153 g/mol. The van der Waals surface area contributed by atoms with Crippen LogP contribution < -0.4 is 0 Å². The lowest BCUT2D eigenvalue weighted by Crippen LogP contribution is -2.11. The van der Waals surface area contributed by atoms with Gasteiger partial charge in [0.25, 0.3) is 0 Å². The third-order valence-electron chi connectivity index (χ3n) is 0.916. The summed E-state index contributed by atoms with van der Waals surface area (Å²) in [6, 6.07) is 1.51. The van der Waals surface area contributed by atoms with E-state index in [1.54, 1.807) is 0 Å². The van der Waals surface area contributed by atoms with Crippen molar-refractivity contribution in [3.05, 3.63) is 5.32 Å². The van der Waals surface area contributed by atoms with Crippen molar-refractivity contribution in [2.24, 2.45) is 10.2 Å². The van der Waals surface area contributed by atoms with Gasteiger partial charge in [0.1, 0.15) is 0 Å². The SMILES string of the molecule is CSC1=NN=CC(C#N)[N-]1. The largest absolute Gasteiger partial charge is 0.438 e. The molecule has 0 aromatic rings. The van der Waals surface area contributed by atoms with E-state index in [1.807, 2.05) is 12.3 Å². The Hall–Kier alpha value is -1.02. The lowest BCUT2D eigenvalue weighted by Gasteiger charge is -2.21. The molecule has 0 fully saturated rings. The predicted molar refractivity (Wildman–Crippen MR) is 42.2 cm³/mol. The summed E-state index contributed by atoms with van der Waals surface area (Å²) in [6.07, 6.45) is 3.26. The molecule has 0 spiro atoms. The minimum Gasteiger partial charge on any atom is -0.438 e. The normalized spacial score (nSPS) is 22.8. The molecule has 0 bridgehead atoms. The summed E-state index contributed by atoms with van der Waals surface area (Å²) in [5.74, 6) is 0. The van der Waals surface area contributed by atoms with Crippen molar-refractivity contribution in [3.63, 3.8) is 0 Å². The smallest absolute Gasteiger partial charge is 0.0876 e. The van der Waals surface area contributed by atoms with Gasteiger partial charge in [-0.1, -0.05) is 0 Å². The highest BCUT2D eigenvalue weighted by molar-refractivity contribution is 8.13. The summed E-state index contributed by atoms with van der Waals surface area (Å²) in [4.78, 5) is 0. The van der Waals surface area contributed by atoms with E-state index in [1.165, 1.54) is 18.0 Å². The lowest BCUT2D eigenvalue weighted by atomic mass is 10.4. The van der Waals surface area contributed by atoms with Gasteiger partial charge in [0.2, 0.25) is 0 Å². The Labute approximate surface area is 63.0 Å². The van der Waals surface area contributed by atoms with Crippen molar-refractivity contribution in [1.29, 1.82) is 5.26 Å². The average Bonchev–Trinajstić information content (AvgIpc) is 2.05. The molecule has 0 aromatic heterocycles. The molecule has 0 N–H and O–H groups in total. The second kappa shape index (κ2) is 3.22. The molecule has 1 aliphatic rings. The van der Waals surface area contributed by atoms with Crippen LogP contribution in [0.15, 0.2) is 10.2 Å². The zero-order chi connectivity index (χ0) is 7.40. The Bertz CT molecular complexity index is 214. The van der Waals surface area contributed by atoms with E-state index in [2.05, 4.69) is 15.5 Å². The molecule has 0 radical (unpaired) electrons. The van der Waals surface area contributed by atoms with Gasteiger partial charge in [0.05, 0.1) is 12.1 Å². The zero-order valence-corrected chi connectivity index (χ0v) is 6.17. The van der Waals surface area contributed by atoms with Crippen molar-refractivity contribution in [2.75, 3.05) is 6.26 Å². The van der Waals surface area contributed by atoms with Gasteiger partial charge in [0, 0.05) is 6.21 Å². The van der Waals surface area contributed by atoms with Crippen LogP contribution in [-0.2, 0) is 0 Å². The number of amidine groups is 1. The van der Waals surface area contributed by atoms with Gasteiger partial charge in [-0.15, -0.1) is 11.8 Å². The highest BCUT2D eigenvalue weighted by Crippen LogP contribution is 2.12. The minimum absolute atomic E-state index is 0.444. The van der Waals surface area contributed by atoms with Gasteiger partial charge >= 0.3 is 0 Å². The van der Waals surface area contributed by atoms with Crippen LogP contribution in [0.1, 0.15) is 0 Å². The van der Waals surface area contributed by atoms with E-state index in [-0.39, 0.29) is 0 Å². The number of rotatable bonds is 0. The van der Waals surface area contributed by atoms with Crippen molar-refractivity contribution in [2.45, 2.75) is 6.04 Å². The topological polar surface area (TPSA) is 62.6 Å². The molecule has 0 aliphatic carbocycles. The fourth-order valence-electron chi connectivity index (χ4n) is 0.480. The third kappa shape index (κ3) is 1.48. The lowest BCUT2D eigenvalue weighted by molar-refractivity contribution is 1.16. The summed E-state index contributed by atoms with van der Waals surface area (Å²) in [5, 5.41) is 20.2. The fraction of sp³-hybridized carbons (Fsp3) is 0.400. The van der Waals surface area contributed by atoms with E-state index >= 15 is 0 Å². The number of nitrogens with zero attached hydrogens (tertiary/aromatic N) is 4. The Morgan fingerprint density at radius 1 is 1.90 bits per heavy atom. The Balaban J connectivity index is 2.61. The van der Waals surface area contributed by atoms with E-state index in [0.29, 0.717) is 5.17 Å². The third-order valence-corrected chi connectivity index (χ3v) is 1.47. The van der Waals surface area contributed by atoms with Crippen molar-refractivity contribution in [3.8, 4) is 6.07 Å². The van der Waals surface area contributed by atoms with E-state index in [0.717, 1.165) is 0 Å². The first-order valence-corrected chi connectivity index (χ1v) is 3.85. The van der Waals surface area contributed by atoms with Crippen molar-refractivity contribution >= 4 is 23.1 Å². The molecule has 4 nitrogen and oxygen atoms in total. The Kier molecular flexibility index (Phi) is 2.29. The molecule has 0 saturated heterocycles. The quantitative estimate of drug-likeness (QED) is 0.520. The maximum absolute atomic E-state index is 8.41. The summed E-state index contributed by atoms with van der Waals surface area (Å²) < 4.78 is 0. The maximum atomic E-state index is 8.41. The molecule has 0 aromatic carbocycles. The summed E-state index contributed by atoms with van der Waals surface area (Å²) in [7, 11) is 0. The highest BCUT2D eigenvalue weighted by atomic mass is 32.2. The second-order valence-corrected chi connectivity index (χ2v) is 2.33. The van der Waals surface area contributed by atoms with Crippen LogP contribution in [0.25, 0.3) is 5.32 Å². The van der Waals surface area contributed by atoms with Crippen LogP contribution in [0.3, 0.4) is 0 Å². The van der Waals surface area contributed by atoms with Crippen molar-refractivity contribution < 1.29 is 0 Å². The average molecular weight is 153 g/mol. The molecule has 1 unspecified atom stereocenters. The van der Waals surface area contributed by atoms with Gasteiger partial charge in [-0.05, 0) is 11.4 Å². The van der Waals surface area contributed by atoms with Crippen LogP contribution in [0.2, 0.25) is 0 Å². The maximum Gasteiger partial charge on any atom is 0.0876 e. The van der Waals surface area contributed by atoms with Crippen LogP contribution >= 0.6 is 11.8 Å². The van der Waals surface area contributed by atoms with Gasteiger partial charge in [-0.3, -0.25) is 5.10 Å². The summed E-state index contributed by atoms with van der Waals surface area (Å²) >= 11 is 1.38. The molecule has 5 heteroatoms. The first-order chi connectivity index (χ1) is 4.86. The molecule has 1 aliphatic heterocycles. The molecule has 0 saturated carbocycles. The van der Waals surface area contributed by atoms with E-state index in [9.17, 15) is 0 Å². The number of thioether (sulfide) groups is 1. The molecule has 10 heavy (non-hydrogen) atoms. The predicted octanol–water partition coefficient (Wildman–Crippen LogP) is 0.971. The van der Waals surface area contributed by atoms with Crippen molar-refractivity contribution in [1.82, 2.24) is 0 Å². The summed E-state index contributed by atoms with van der Waals surface area (Å²) in [5.41, 5.74) is 0. The zero-order valence-electron chi connectivity index (χ0n) is 5.35. The highest BCUT2D eigenvalue weighted by Gasteiger charge is 1.99. The summed E-state index contributed by atoms with van der Waals surface area (Å²) in [6.45, 7) is 0. The number of nitriles is 1. The standard InChI is InChI=1S/C5H5N4S/c1-10-5-8-4(2-6)3-7-9-5/h3-4H,1H3/q-1. The van der Waals surface area contributed by atoms with Crippen LogP contribution in [0.5, 0.6) is 0 Å². The van der Waals surface area contributed by atoms with Gasteiger partial charge in [0.15, 0.2) is 0 Å². The second-order valence-electron chi connectivity index (χ2n) is 1.55. The molecule has 0 amide bonds.